The van der Waals surface area contributed by atoms with Gasteiger partial charge in [-0.15, -0.1) is 0 Å². The van der Waals surface area contributed by atoms with Crippen LogP contribution in [0.15, 0.2) is 35.2 Å². The van der Waals surface area contributed by atoms with Crippen molar-refractivity contribution in [1.29, 1.82) is 0 Å². The Morgan fingerprint density at radius 1 is 1.37 bits per heavy atom. The maximum Gasteiger partial charge on any atom is 0.217 e. The van der Waals surface area contributed by atoms with Gasteiger partial charge in [-0.05, 0) is 51.6 Å². The summed E-state index contributed by atoms with van der Waals surface area (Å²) in [5.41, 5.74) is -0.831. The van der Waals surface area contributed by atoms with Crippen molar-refractivity contribution in [2.24, 2.45) is 0 Å². The fourth-order valence-corrected chi connectivity index (χ4v) is 3.46. The number of hydrogen-bond donors (Lipinski definition) is 1. The molecule has 1 aromatic carbocycles. The molecule has 4 heteroatoms. The van der Waals surface area contributed by atoms with Crippen molar-refractivity contribution in [1.82, 2.24) is 4.90 Å². The number of carbonyl (C=O) groups is 1. The van der Waals surface area contributed by atoms with E-state index in [1.165, 1.54) is 11.8 Å². The van der Waals surface area contributed by atoms with Gasteiger partial charge in [0.05, 0.1) is 6.10 Å². The summed E-state index contributed by atoms with van der Waals surface area (Å²) in [6.45, 7) is 8.54. The second-order valence-electron chi connectivity index (χ2n) is 6.06. The molecule has 3 atom stereocenters. The normalized spacial score (nSPS) is 27.9. The number of aliphatic hydroxyl groups is 1. The summed E-state index contributed by atoms with van der Waals surface area (Å²) >= 11 is 1.22. The molecule has 104 valence electrons. The number of thioether (sulfide) groups is 1. The smallest absolute Gasteiger partial charge is 0.217 e. The number of rotatable bonds is 3. The highest BCUT2D eigenvalue weighted by Gasteiger charge is 2.64. The van der Waals surface area contributed by atoms with E-state index >= 15 is 0 Å². The lowest BCUT2D eigenvalue weighted by Crippen LogP contribution is -2.44. The maximum atomic E-state index is 12.6. The van der Waals surface area contributed by atoms with Crippen LogP contribution in [0.3, 0.4) is 0 Å². The summed E-state index contributed by atoms with van der Waals surface area (Å²) in [4.78, 5) is 15.6. The Morgan fingerprint density at radius 3 is 2.37 bits per heavy atom. The first-order valence-electron chi connectivity index (χ1n) is 6.51. The first-order chi connectivity index (χ1) is 8.78. The molecule has 0 aromatic heterocycles. The van der Waals surface area contributed by atoms with Crippen molar-refractivity contribution in [2.75, 3.05) is 6.54 Å². The Balaban J connectivity index is 2.17. The number of benzene rings is 1. The minimum Gasteiger partial charge on any atom is -0.391 e. The van der Waals surface area contributed by atoms with Gasteiger partial charge in [-0.1, -0.05) is 18.2 Å². The monoisotopic (exact) mass is 279 g/mol. The van der Waals surface area contributed by atoms with Crippen molar-refractivity contribution >= 4 is 16.9 Å². The van der Waals surface area contributed by atoms with Gasteiger partial charge >= 0.3 is 0 Å². The van der Waals surface area contributed by atoms with Gasteiger partial charge in [-0.25, -0.2) is 0 Å². The molecule has 0 spiro atoms. The van der Waals surface area contributed by atoms with E-state index in [2.05, 4.69) is 25.7 Å². The minimum absolute atomic E-state index is 0.0311. The topological polar surface area (TPSA) is 40.3 Å². The minimum atomic E-state index is -0.723. The zero-order valence-electron chi connectivity index (χ0n) is 11.9. The highest BCUT2D eigenvalue weighted by molar-refractivity contribution is 8.14. The van der Waals surface area contributed by atoms with E-state index in [-0.39, 0.29) is 10.7 Å². The van der Waals surface area contributed by atoms with E-state index in [0.29, 0.717) is 6.54 Å². The molecule has 3 nitrogen and oxygen atoms in total. The standard InChI is InChI=1S/C15H21NO2S/c1-11(17)15(10-16(15)14(2,3)4)13(18)19-12-8-6-5-7-9-12/h5-9,11,17H,10H2,1-4H3. The molecule has 0 amide bonds. The van der Waals surface area contributed by atoms with Crippen molar-refractivity contribution < 1.29 is 9.90 Å². The maximum absolute atomic E-state index is 12.6. The number of nitrogens with zero attached hydrogens (tertiary/aromatic N) is 1. The Kier molecular flexibility index (Phi) is 3.78. The molecule has 0 aliphatic carbocycles. The summed E-state index contributed by atoms with van der Waals surface area (Å²) in [7, 11) is 0. The predicted octanol–water partition coefficient (Wildman–Crippen LogP) is 2.54. The second-order valence-corrected chi connectivity index (χ2v) is 7.11. The average Bonchev–Trinajstić information content (AvgIpc) is 3.06. The number of aliphatic hydroxyl groups excluding tert-OH is 1. The summed E-state index contributed by atoms with van der Waals surface area (Å²) < 4.78 is 0. The van der Waals surface area contributed by atoms with Crippen molar-refractivity contribution in [3.8, 4) is 0 Å². The van der Waals surface area contributed by atoms with Crippen molar-refractivity contribution in [3.63, 3.8) is 0 Å². The first-order valence-corrected chi connectivity index (χ1v) is 7.33. The van der Waals surface area contributed by atoms with E-state index in [0.717, 1.165) is 4.90 Å². The van der Waals surface area contributed by atoms with Crippen LogP contribution in [0.4, 0.5) is 0 Å². The molecule has 1 aromatic rings. The molecule has 1 fully saturated rings. The Morgan fingerprint density at radius 2 is 1.95 bits per heavy atom. The molecule has 1 N–H and O–H groups in total. The zero-order valence-corrected chi connectivity index (χ0v) is 12.7. The fraction of sp³-hybridized carbons (Fsp3) is 0.533. The largest absolute Gasteiger partial charge is 0.391 e. The van der Waals surface area contributed by atoms with Crippen LogP contribution in [0.2, 0.25) is 0 Å². The SMILES string of the molecule is CC(O)C1(C(=O)Sc2ccccc2)CN1C(C)(C)C. The predicted molar refractivity (Wildman–Crippen MR) is 78.2 cm³/mol. The highest BCUT2D eigenvalue weighted by Crippen LogP contribution is 2.46. The van der Waals surface area contributed by atoms with Gasteiger partial charge in [0, 0.05) is 17.0 Å². The third-order valence-corrected chi connectivity index (χ3v) is 4.63. The fourth-order valence-electron chi connectivity index (χ4n) is 2.43. The molecule has 1 heterocycles. The van der Waals surface area contributed by atoms with Crippen LogP contribution in [-0.4, -0.2) is 38.8 Å². The van der Waals surface area contributed by atoms with E-state index < -0.39 is 11.6 Å². The van der Waals surface area contributed by atoms with Crippen LogP contribution in [0.1, 0.15) is 27.7 Å². The van der Waals surface area contributed by atoms with Gasteiger partial charge in [0.15, 0.2) is 0 Å². The molecule has 0 saturated carbocycles. The van der Waals surface area contributed by atoms with Crippen LogP contribution >= 0.6 is 11.8 Å². The Hall–Kier alpha value is -0.840. The van der Waals surface area contributed by atoms with Gasteiger partial charge in [-0.2, -0.15) is 0 Å². The van der Waals surface area contributed by atoms with Gasteiger partial charge in [-0.3, -0.25) is 9.69 Å². The summed E-state index contributed by atoms with van der Waals surface area (Å²) in [6, 6.07) is 9.60. The van der Waals surface area contributed by atoms with Crippen molar-refractivity contribution in [3.05, 3.63) is 30.3 Å². The second kappa shape index (κ2) is 4.93. The lowest BCUT2D eigenvalue weighted by molar-refractivity contribution is -0.117. The summed E-state index contributed by atoms with van der Waals surface area (Å²) in [5, 5.41) is 10.1. The third-order valence-electron chi connectivity index (χ3n) is 3.59. The average molecular weight is 279 g/mol. The van der Waals surface area contributed by atoms with Gasteiger partial charge in [0.25, 0.3) is 0 Å². The molecule has 1 aliphatic rings. The van der Waals surface area contributed by atoms with Gasteiger partial charge in [0.2, 0.25) is 5.12 Å². The van der Waals surface area contributed by atoms with Crippen LogP contribution in [0.25, 0.3) is 0 Å². The first kappa shape index (κ1) is 14.6. The van der Waals surface area contributed by atoms with E-state index in [4.69, 9.17) is 0 Å². The summed E-state index contributed by atoms with van der Waals surface area (Å²) in [6.07, 6.45) is -0.657. The van der Waals surface area contributed by atoms with Crippen LogP contribution in [0, 0.1) is 0 Å². The van der Waals surface area contributed by atoms with E-state index in [9.17, 15) is 9.90 Å². The lowest BCUT2D eigenvalue weighted by Gasteiger charge is -2.28. The highest BCUT2D eigenvalue weighted by atomic mass is 32.2. The molecular weight excluding hydrogens is 258 g/mol. The molecule has 2 rings (SSSR count). The lowest BCUT2D eigenvalue weighted by atomic mass is 10.0. The Bertz CT molecular complexity index is 467. The van der Waals surface area contributed by atoms with Crippen molar-refractivity contribution in [2.45, 2.75) is 49.8 Å². The van der Waals surface area contributed by atoms with Crippen LogP contribution < -0.4 is 0 Å². The van der Waals surface area contributed by atoms with E-state index in [1.54, 1.807) is 6.92 Å². The molecule has 0 bridgehead atoms. The number of hydrogen-bond acceptors (Lipinski definition) is 4. The van der Waals surface area contributed by atoms with Crippen LogP contribution in [-0.2, 0) is 4.79 Å². The zero-order chi connectivity index (χ0) is 14.3. The summed E-state index contributed by atoms with van der Waals surface area (Å²) in [5.74, 6) is 0. The van der Waals surface area contributed by atoms with Gasteiger partial charge in [0.1, 0.15) is 5.54 Å². The Labute approximate surface area is 119 Å². The van der Waals surface area contributed by atoms with Gasteiger partial charge < -0.3 is 5.11 Å². The molecule has 19 heavy (non-hydrogen) atoms. The number of carbonyl (C=O) groups excluding carboxylic acids is 1. The quantitative estimate of drug-likeness (QED) is 0.682. The molecular formula is C15H21NO2S. The molecule has 0 radical (unpaired) electrons. The van der Waals surface area contributed by atoms with Crippen LogP contribution in [0.5, 0.6) is 0 Å². The molecule has 1 aliphatic heterocycles. The molecule has 1 saturated heterocycles. The molecule has 3 unspecified atom stereocenters. The third kappa shape index (κ3) is 2.71. The van der Waals surface area contributed by atoms with E-state index in [1.807, 2.05) is 30.3 Å².